The third kappa shape index (κ3) is 12.7. The number of anilines is 1. The van der Waals surface area contributed by atoms with Crippen LogP contribution >= 0.6 is 0 Å². The minimum absolute atomic E-state index is 0.0212. The van der Waals surface area contributed by atoms with Crippen molar-refractivity contribution in [2.45, 2.75) is 83.8 Å². The Hall–Kier alpha value is -5.24. The molecule has 0 aliphatic heterocycles. The number of carbonyl (C=O) groups is 5. The molecule has 0 aliphatic carbocycles. The number of hydrogen-bond acceptors (Lipinski definition) is 9. The highest BCUT2D eigenvalue weighted by atomic mass is 16.4. The van der Waals surface area contributed by atoms with E-state index in [1.807, 2.05) is 0 Å². The predicted octanol–water partition coefficient (Wildman–Crippen LogP) is 1.90. The second-order valence-corrected chi connectivity index (χ2v) is 12.0. The van der Waals surface area contributed by atoms with Gasteiger partial charge in [0.25, 0.3) is 0 Å². The summed E-state index contributed by atoms with van der Waals surface area (Å²) < 4.78 is 5.31. The van der Waals surface area contributed by atoms with E-state index in [0.29, 0.717) is 61.8 Å². The van der Waals surface area contributed by atoms with E-state index in [1.165, 1.54) is 38.1 Å². The second kappa shape index (κ2) is 18.9. The van der Waals surface area contributed by atoms with Crippen molar-refractivity contribution < 1.29 is 33.5 Å². The molecule has 0 unspecified atom stereocenters. The number of phenolic OH excluding ortho intramolecular Hbond substituents is 1. The van der Waals surface area contributed by atoms with Crippen LogP contribution in [0, 0.1) is 6.92 Å². The molecule has 14 nitrogen and oxygen atoms in total. The van der Waals surface area contributed by atoms with Gasteiger partial charge >= 0.3 is 5.63 Å². The minimum atomic E-state index is -1.16. The number of carbonyl (C=O) groups excluding carboxylic acids is 5. The monoisotopic (exact) mass is 678 g/mol. The first-order chi connectivity index (χ1) is 23.4. The molecule has 0 bridgehead atoms. The zero-order chi connectivity index (χ0) is 35.9. The Balaban J connectivity index is 1.86. The summed E-state index contributed by atoms with van der Waals surface area (Å²) in [4.78, 5) is 76.1. The van der Waals surface area contributed by atoms with Gasteiger partial charge in [0, 0.05) is 50.0 Å². The molecule has 14 heteroatoms. The Kier molecular flexibility index (Phi) is 14.8. The smallest absolute Gasteiger partial charge is 0.336 e. The van der Waals surface area contributed by atoms with Gasteiger partial charge < -0.3 is 41.8 Å². The molecule has 1 aromatic heterocycles. The summed E-state index contributed by atoms with van der Waals surface area (Å²) in [5.41, 5.74) is 7.05. The normalized spacial score (nSPS) is 12.7. The molecule has 0 fully saturated rings. The highest BCUT2D eigenvalue weighted by Crippen LogP contribution is 2.21. The van der Waals surface area contributed by atoms with Gasteiger partial charge in [0.05, 0.1) is 0 Å². The van der Waals surface area contributed by atoms with Gasteiger partial charge in [-0.2, -0.15) is 0 Å². The molecular formula is C35H46N6O8. The molecule has 2 aromatic carbocycles. The number of amides is 5. The predicted molar refractivity (Wildman–Crippen MR) is 185 cm³/mol. The van der Waals surface area contributed by atoms with Crippen LogP contribution in [0.25, 0.3) is 11.0 Å². The third-order valence-electron chi connectivity index (χ3n) is 7.80. The minimum Gasteiger partial charge on any atom is -0.508 e. The van der Waals surface area contributed by atoms with Gasteiger partial charge in [0.2, 0.25) is 29.5 Å². The molecular weight excluding hydrogens is 632 g/mol. The van der Waals surface area contributed by atoms with E-state index in [9.17, 15) is 33.9 Å². The van der Waals surface area contributed by atoms with Crippen LogP contribution in [0.3, 0.4) is 0 Å². The summed E-state index contributed by atoms with van der Waals surface area (Å²) in [5.74, 6) is -2.34. The average Bonchev–Trinajstić information content (AvgIpc) is 3.03. The van der Waals surface area contributed by atoms with Crippen molar-refractivity contribution in [3.8, 4) is 5.75 Å². The van der Waals surface area contributed by atoms with Gasteiger partial charge in [-0.15, -0.1) is 0 Å². The lowest BCUT2D eigenvalue weighted by Crippen LogP contribution is -2.56. The van der Waals surface area contributed by atoms with Gasteiger partial charge in [-0.25, -0.2) is 4.79 Å². The first-order valence-corrected chi connectivity index (χ1v) is 16.3. The van der Waals surface area contributed by atoms with Crippen molar-refractivity contribution in [1.82, 2.24) is 21.3 Å². The molecule has 0 spiro atoms. The number of hydrogen-bond donors (Lipinski definition) is 7. The number of rotatable bonds is 18. The molecule has 49 heavy (non-hydrogen) atoms. The fourth-order valence-corrected chi connectivity index (χ4v) is 5.27. The van der Waals surface area contributed by atoms with E-state index < -0.39 is 47.4 Å². The van der Waals surface area contributed by atoms with E-state index in [-0.39, 0.29) is 30.1 Å². The Morgan fingerprint density at radius 3 is 2.06 bits per heavy atom. The molecule has 264 valence electrons. The van der Waals surface area contributed by atoms with Gasteiger partial charge in [0.1, 0.15) is 29.5 Å². The van der Waals surface area contributed by atoms with E-state index in [0.717, 1.165) is 5.56 Å². The SMILES string of the molecule is CC(=O)NCCCC[C@H](NC(=O)[C@H](Cc1ccc(O)cc1)NC(=O)[C@H](CCCCN)NC(C)=O)C(=O)Nc1ccc2c(C)cc(=O)oc2c1. The van der Waals surface area contributed by atoms with E-state index >= 15 is 0 Å². The second-order valence-electron chi connectivity index (χ2n) is 12.0. The number of nitrogens with one attached hydrogen (secondary N) is 5. The fraction of sp³-hybridized carbons (Fsp3) is 0.429. The number of benzene rings is 2. The molecule has 0 saturated heterocycles. The molecule has 5 amide bonds. The number of nitrogens with two attached hydrogens (primary N) is 1. The number of aromatic hydroxyl groups is 1. The zero-order valence-corrected chi connectivity index (χ0v) is 28.1. The van der Waals surface area contributed by atoms with Crippen molar-refractivity contribution in [3.05, 3.63) is 70.1 Å². The van der Waals surface area contributed by atoms with Crippen LogP contribution in [-0.2, 0) is 30.4 Å². The molecule has 3 atom stereocenters. The third-order valence-corrected chi connectivity index (χ3v) is 7.80. The maximum absolute atomic E-state index is 13.9. The molecule has 0 aliphatic rings. The van der Waals surface area contributed by atoms with Gasteiger partial charge in [-0.05, 0) is 87.4 Å². The van der Waals surface area contributed by atoms with Gasteiger partial charge in [-0.1, -0.05) is 12.1 Å². The molecule has 8 N–H and O–H groups in total. The zero-order valence-electron chi connectivity index (χ0n) is 28.1. The Bertz CT molecular complexity index is 1670. The summed E-state index contributed by atoms with van der Waals surface area (Å²) in [6.07, 6.45) is 2.74. The van der Waals surface area contributed by atoms with Crippen molar-refractivity contribution in [1.29, 1.82) is 0 Å². The summed E-state index contributed by atoms with van der Waals surface area (Å²) in [6.45, 7) is 5.27. The van der Waals surface area contributed by atoms with E-state index in [2.05, 4.69) is 26.6 Å². The number of aryl methyl sites for hydroxylation is 1. The maximum atomic E-state index is 13.9. The lowest BCUT2D eigenvalue weighted by atomic mass is 10.0. The fourth-order valence-electron chi connectivity index (χ4n) is 5.27. The van der Waals surface area contributed by atoms with Crippen LogP contribution in [0.15, 0.2) is 57.7 Å². The molecule has 0 saturated carbocycles. The van der Waals surface area contributed by atoms with Crippen LogP contribution in [0.5, 0.6) is 5.75 Å². The summed E-state index contributed by atoms with van der Waals surface area (Å²) in [5, 5.41) is 24.1. The highest BCUT2D eigenvalue weighted by molar-refractivity contribution is 6.00. The van der Waals surface area contributed by atoms with Crippen molar-refractivity contribution in [3.63, 3.8) is 0 Å². The largest absolute Gasteiger partial charge is 0.508 e. The van der Waals surface area contributed by atoms with Crippen molar-refractivity contribution >= 4 is 46.2 Å². The molecule has 0 radical (unpaired) electrons. The molecule has 3 aromatic rings. The summed E-state index contributed by atoms with van der Waals surface area (Å²) >= 11 is 0. The lowest BCUT2D eigenvalue weighted by Gasteiger charge is -2.25. The van der Waals surface area contributed by atoms with Crippen LogP contribution < -0.4 is 37.9 Å². The van der Waals surface area contributed by atoms with Crippen molar-refractivity contribution in [2.75, 3.05) is 18.4 Å². The van der Waals surface area contributed by atoms with Gasteiger partial charge in [-0.3, -0.25) is 24.0 Å². The Morgan fingerprint density at radius 2 is 1.41 bits per heavy atom. The first kappa shape index (κ1) is 38.2. The first-order valence-electron chi connectivity index (χ1n) is 16.3. The van der Waals surface area contributed by atoms with Crippen LogP contribution in [-0.4, -0.2) is 65.9 Å². The summed E-state index contributed by atoms with van der Waals surface area (Å²) in [7, 11) is 0. The van der Waals surface area contributed by atoms with E-state index in [4.69, 9.17) is 10.2 Å². The number of phenols is 1. The van der Waals surface area contributed by atoms with Crippen LogP contribution in [0.2, 0.25) is 0 Å². The Morgan fingerprint density at radius 1 is 0.776 bits per heavy atom. The van der Waals surface area contributed by atoms with Crippen molar-refractivity contribution in [2.24, 2.45) is 5.73 Å². The quantitative estimate of drug-likeness (QED) is 0.0770. The number of unbranched alkanes of at least 4 members (excludes halogenated alkanes) is 2. The number of fused-ring (bicyclic) bond motifs is 1. The topological polar surface area (TPSA) is 222 Å². The lowest BCUT2D eigenvalue weighted by molar-refractivity contribution is -0.133. The van der Waals surface area contributed by atoms with Crippen LogP contribution in [0.4, 0.5) is 5.69 Å². The van der Waals surface area contributed by atoms with E-state index in [1.54, 1.807) is 31.2 Å². The molecule has 3 rings (SSSR count). The molecule has 1 heterocycles. The average molecular weight is 679 g/mol. The Labute approximate surface area is 284 Å². The van der Waals surface area contributed by atoms with Crippen LogP contribution in [0.1, 0.15) is 63.5 Å². The summed E-state index contributed by atoms with van der Waals surface area (Å²) in [6, 6.07) is 9.28. The van der Waals surface area contributed by atoms with Gasteiger partial charge in [0.15, 0.2) is 0 Å². The highest BCUT2D eigenvalue weighted by Gasteiger charge is 2.29. The standard InChI is InChI=1S/C35H46N6O8/c1-21-18-32(45)49-31-20-25(12-15-27(21)31)39-33(46)29(9-5-7-17-37-22(2)42)40-35(48)30(19-24-10-13-26(44)14-11-24)41-34(47)28(38-23(3)43)8-4-6-16-36/h10-15,18,20,28-30,44H,4-9,16-17,19,36H2,1-3H3,(H,37,42)(H,38,43)(H,39,46)(H,40,48)(H,41,47)/t28-,29-,30-/m0/s1. The maximum Gasteiger partial charge on any atom is 0.336 e.